The van der Waals surface area contributed by atoms with Crippen LogP contribution in [0.2, 0.25) is 0 Å². The molecule has 0 aromatic heterocycles. The lowest BCUT2D eigenvalue weighted by molar-refractivity contribution is -0.135. The number of nitrogens with zero attached hydrogens (tertiary/aromatic N) is 2. The highest BCUT2D eigenvalue weighted by atomic mass is 35.5. The van der Waals surface area contributed by atoms with Crippen LogP contribution in [0.4, 0.5) is 0 Å². The number of hydrogen-bond donors (Lipinski definition) is 2. The van der Waals surface area contributed by atoms with E-state index in [2.05, 4.69) is 22.1 Å². The molecular formula is C18H32Cl2N4O2. The molecule has 3 fully saturated rings. The molecule has 0 spiro atoms. The summed E-state index contributed by atoms with van der Waals surface area (Å²) < 4.78 is 0. The number of carbonyl (C=O) groups is 2. The van der Waals surface area contributed by atoms with Gasteiger partial charge in [-0.05, 0) is 25.2 Å². The van der Waals surface area contributed by atoms with E-state index in [0.717, 1.165) is 32.6 Å². The lowest BCUT2D eigenvalue weighted by Crippen LogP contribution is -2.54. The van der Waals surface area contributed by atoms with Gasteiger partial charge in [0.05, 0.1) is 12.6 Å². The summed E-state index contributed by atoms with van der Waals surface area (Å²) >= 11 is 0. The second kappa shape index (κ2) is 11.1. The molecule has 26 heavy (non-hydrogen) atoms. The van der Waals surface area contributed by atoms with E-state index < -0.39 is 0 Å². The van der Waals surface area contributed by atoms with E-state index in [9.17, 15) is 9.59 Å². The summed E-state index contributed by atoms with van der Waals surface area (Å²) in [6.07, 6.45) is 7.80. The highest BCUT2D eigenvalue weighted by molar-refractivity contribution is 5.85. The average Bonchev–Trinajstić information content (AvgIpc) is 3.04. The van der Waals surface area contributed by atoms with Gasteiger partial charge < -0.3 is 15.5 Å². The standard InChI is InChI=1S/C18H30N4O2.2ClH/c1-2-7-19-17(23)13-21-8-10-22(11-9-21)18(24)16-12-14-5-3-4-6-15(14)20-16;;/h2,14-16,20H,1,3-13H2,(H,19,23);2*1H. The molecule has 3 unspecified atom stereocenters. The van der Waals surface area contributed by atoms with Crippen LogP contribution in [-0.4, -0.2) is 73.0 Å². The lowest BCUT2D eigenvalue weighted by atomic mass is 9.85. The summed E-state index contributed by atoms with van der Waals surface area (Å²) in [5.74, 6) is 0.985. The Bertz CT molecular complexity index is 470. The molecule has 1 saturated carbocycles. The highest BCUT2D eigenvalue weighted by Crippen LogP contribution is 2.33. The van der Waals surface area contributed by atoms with Crippen LogP contribution in [0.5, 0.6) is 0 Å². The van der Waals surface area contributed by atoms with E-state index in [1.807, 2.05) is 4.90 Å². The van der Waals surface area contributed by atoms with Crippen molar-refractivity contribution in [2.24, 2.45) is 5.92 Å². The molecule has 3 aliphatic rings. The van der Waals surface area contributed by atoms with Crippen molar-refractivity contribution in [2.75, 3.05) is 39.3 Å². The van der Waals surface area contributed by atoms with Crippen LogP contribution in [0, 0.1) is 5.92 Å². The first-order chi connectivity index (χ1) is 11.7. The monoisotopic (exact) mass is 406 g/mol. The van der Waals surface area contributed by atoms with E-state index in [1.54, 1.807) is 6.08 Å². The number of rotatable bonds is 5. The van der Waals surface area contributed by atoms with Crippen molar-refractivity contribution in [1.29, 1.82) is 0 Å². The van der Waals surface area contributed by atoms with E-state index in [0.29, 0.717) is 25.0 Å². The van der Waals surface area contributed by atoms with Gasteiger partial charge in [-0.25, -0.2) is 0 Å². The fourth-order valence-corrected chi connectivity index (χ4v) is 4.30. The fraction of sp³-hybridized carbons (Fsp3) is 0.778. The Labute approximate surface area is 168 Å². The maximum atomic E-state index is 12.8. The first kappa shape index (κ1) is 23.2. The largest absolute Gasteiger partial charge is 0.352 e. The Balaban J connectivity index is 0.00000169. The minimum atomic E-state index is 0. The molecule has 8 heteroatoms. The first-order valence-corrected chi connectivity index (χ1v) is 9.32. The van der Waals surface area contributed by atoms with E-state index >= 15 is 0 Å². The van der Waals surface area contributed by atoms with Gasteiger partial charge in [0.1, 0.15) is 0 Å². The van der Waals surface area contributed by atoms with Gasteiger partial charge >= 0.3 is 0 Å². The predicted molar refractivity (Wildman–Crippen MR) is 108 cm³/mol. The van der Waals surface area contributed by atoms with E-state index in [4.69, 9.17) is 0 Å². The second-order valence-corrected chi connectivity index (χ2v) is 7.30. The zero-order chi connectivity index (χ0) is 16.9. The molecule has 3 rings (SSSR count). The summed E-state index contributed by atoms with van der Waals surface area (Å²) in [6.45, 7) is 7.49. The Morgan fingerprint density at radius 3 is 2.46 bits per heavy atom. The molecule has 2 N–H and O–H groups in total. The van der Waals surface area contributed by atoms with Crippen molar-refractivity contribution in [3.05, 3.63) is 12.7 Å². The van der Waals surface area contributed by atoms with Crippen LogP contribution in [0.25, 0.3) is 0 Å². The van der Waals surface area contributed by atoms with Gasteiger partial charge in [-0.15, -0.1) is 31.4 Å². The summed E-state index contributed by atoms with van der Waals surface area (Å²) in [5, 5.41) is 6.38. The van der Waals surface area contributed by atoms with Crippen molar-refractivity contribution < 1.29 is 9.59 Å². The van der Waals surface area contributed by atoms with Gasteiger partial charge in [-0.3, -0.25) is 14.5 Å². The second-order valence-electron chi connectivity index (χ2n) is 7.30. The smallest absolute Gasteiger partial charge is 0.239 e. The Morgan fingerprint density at radius 1 is 1.12 bits per heavy atom. The topological polar surface area (TPSA) is 64.7 Å². The quantitative estimate of drug-likeness (QED) is 0.673. The molecule has 3 atom stereocenters. The van der Waals surface area contributed by atoms with E-state index in [-0.39, 0.29) is 42.7 Å². The SMILES string of the molecule is C=CCNC(=O)CN1CCN(C(=O)C2CC3CCCCC3N2)CC1.Cl.Cl. The maximum Gasteiger partial charge on any atom is 0.239 e. The molecular weight excluding hydrogens is 375 g/mol. The molecule has 1 aliphatic carbocycles. The van der Waals surface area contributed by atoms with Crippen molar-refractivity contribution >= 4 is 36.6 Å². The lowest BCUT2D eigenvalue weighted by Gasteiger charge is -2.35. The summed E-state index contributed by atoms with van der Waals surface area (Å²) in [5.41, 5.74) is 0. The van der Waals surface area contributed by atoms with Crippen LogP contribution in [0.1, 0.15) is 32.1 Å². The van der Waals surface area contributed by atoms with Gasteiger partial charge in [-0.1, -0.05) is 18.9 Å². The van der Waals surface area contributed by atoms with Gasteiger partial charge in [0.15, 0.2) is 0 Å². The summed E-state index contributed by atoms with van der Waals surface area (Å²) in [7, 11) is 0. The van der Waals surface area contributed by atoms with Gasteiger partial charge in [0.25, 0.3) is 0 Å². The minimum Gasteiger partial charge on any atom is -0.352 e. The Hall–Kier alpha value is -0.820. The molecule has 2 heterocycles. The Kier molecular flexibility index (Phi) is 9.93. The third-order valence-corrected chi connectivity index (χ3v) is 5.66. The zero-order valence-corrected chi connectivity index (χ0v) is 17.0. The van der Waals surface area contributed by atoms with Gasteiger partial charge in [0.2, 0.25) is 11.8 Å². The maximum absolute atomic E-state index is 12.8. The number of carbonyl (C=O) groups excluding carboxylic acids is 2. The van der Waals surface area contributed by atoms with Crippen LogP contribution in [-0.2, 0) is 9.59 Å². The van der Waals surface area contributed by atoms with Gasteiger partial charge in [-0.2, -0.15) is 0 Å². The molecule has 2 aliphatic heterocycles. The normalized spacial score (nSPS) is 28.3. The molecule has 0 aromatic carbocycles. The van der Waals surface area contributed by atoms with Crippen LogP contribution in [0.3, 0.4) is 0 Å². The average molecular weight is 407 g/mol. The molecule has 0 aromatic rings. The Morgan fingerprint density at radius 2 is 1.81 bits per heavy atom. The zero-order valence-electron chi connectivity index (χ0n) is 15.3. The number of nitrogens with one attached hydrogen (secondary N) is 2. The summed E-state index contributed by atoms with van der Waals surface area (Å²) in [4.78, 5) is 28.6. The number of amides is 2. The predicted octanol–water partition coefficient (Wildman–Crippen LogP) is 1.20. The third kappa shape index (κ3) is 5.84. The minimum absolute atomic E-state index is 0. The van der Waals surface area contributed by atoms with Crippen LogP contribution >= 0.6 is 24.8 Å². The van der Waals surface area contributed by atoms with Crippen molar-refractivity contribution in [2.45, 2.75) is 44.2 Å². The van der Waals surface area contributed by atoms with Crippen molar-refractivity contribution in [3.63, 3.8) is 0 Å². The molecule has 0 bridgehead atoms. The number of piperazine rings is 1. The van der Waals surface area contributed by atoms with Crippen LogP contribution in [0.15, 0.2) is 12.7 Å². The molecule has 2 saturated heterocycles. The van der Waals surface area contributed by atoms with E-state index in [1.165, 1.54) is 25.7 Å². The number of fused-ring (bicyclic) bond motifs is 1. The highest BCUT2D eigenvalue weighted by Gasteiger charge is 2.40. The fourth-order valence-electron chi connectivity index (χ4n) is 4.30. The van der Waals surface area contributed by atoms with Crippen LogP contribution < -0.4 is 10.6 Å². The number of halogens is 2. The molecule has 0 radical (unpaired) electrons. The van der Waals surface area contributed by atoms with Gasteiger partial charge in [0, 0.05) is 38.8 Å². The summed E-state index contributed by atoms with van der Waals surface area (Å²) in [6, 6.07) is 0.572. The van der Waals surface area contributed by atoms with Crippen molar-refractivity contribution in [3.8, 4) is 0 Å². The molecule has 2 amide bonds. The number of hydrogen-bond acceptors (Lipinski definition) is 4. The molecule has 150 valence electrons. The molecule has 6 nitrogen and oxygen atoms in total. The first-order valence-electron chi connectivity index (χ1n) is 9.32. The van der Waals surface area contributed by atoms with Crippen molar-refractivity contribution in [1.82, 2.24) is 20.4 Å². The third-order valence-electron chi connectivity index (χ3n) is 5.66.